The van der Waals surface area contributed by atoms with Crippen molar-refractivity contribution in [1.82, 2.24) is 15.8 Å². The molecule has 0 atom stereocenters. The summed E-state index contributed by atoms with van der Waals surface area (Å²) in [6.45, 7) is 10.1. The molecule has 0 spiro atoms. The summed E-state index contributed by atoms with van der Waals surface area (Å²) in [6, 6.07) is 8.96. The SMILES string of the molecule is CN=C(NCCCc1ccc(C(C)C)cc1)NCCc1c(C)noc1C.I. The van der Waals surface area contributed by atoms with Crippen molar-refractivity contribution in [2.75, 3.05) is 20.1 Å². The van der Waals surface area contributed by atoms with Gasteiger partial charge in [0.05, 0.1) is 5.69 Å². The van der Waals surface area contributed by atoms with Crippen molar-refractivity contribution in [2.24, 2.45) is 4.99 Å². The van der Waals surface area contributed by atoms with E-state index in [4.69, 9.17) is 4.52 Å². The number of rotatable bonds is 8. The summed E-state index contributed by atoms with van der Waals surface area (Å²) in [6.07, 6.45) is 3.02. The van der Waals surface area contributed by atoms with Crippen LogP contribution >= 0.6 is 24.0 Å². The lowest BCUT2D eigenvalue weighted by Crippen LogP contribution is -2.38. The smallest absolute Gasteiger partial charge is 0.190 e. The molecule has 0 aliphatic heterocycles. The van der Waals surface area contributed by atoms with Crippen LogP contribution in [0.4, 0.5) is 0 Å². The van der Waals surface area contributed by atoms with Gasteiger partial charge in [-0.15, -0.1) is 24.0 Å². The lowest BCUT2D eigenvalue weighted by molar-refractivity contribution is 0.392. The first-order valence-electron chi connectivity index (χ1n) is 9.46. The summed E-state index contributed by atoms with van der Waals surface area (Å²) >= 11 is 0. The van der Waals surface area contributed by atoms with Crippen LogP contribution in [0.1, 0.15) is 54.3 Å². The molecule has 1 heterocycles. The van der Waals surface area contributed by atoms with Crippen LogP contribution < -0.4 is 10.6 Å². The summed E-state index contributed by atoms with van der Waals surface area (Å²) in [5.74, 6) is 2.33. The molecule has 27 heavy (non-hydrogen) atoms. The highest BCUT2D eigenvalue weighted by molar-refractivity contribution is 14.0. The molecule has 150 valence electrons. The fourth-order valence-corrected chi connectivity index (χ4v) is 2.95. The van der Waals surface area contributed by atoms with Gasteiger partial charge in [-0.3, -0.25) is 4.99 Å². The van der Waals surface area contributed by atoms with Crippen LogP contribution in [0.2, 0.25) is 0 Å². The number of aryl methyl sites for hydroxylation is 3. The Bertz CT molecular complexity index is 688. The Labute approximate surface area is 180 Å². The Kier molecular flexibility index (Phi) is 10.4. The van der Waals surface area contributed by atoms with Gasteiger partial charge in [0.1, 0.15) is 5.76 Å². The minimum atomic E-state index is 0. The van der Waals surface area contributed by atoms with Crippen LogP contribution in [0, 0.1) is 13.8 Å². The average molecular weight is 484 g/mol. The molecular weight excluding hydrogens is 451 g/mol. The molecule has 0 aliphatic rings. The van der Waals surface area contributed by atoms with E-state index < -0.39 is 0 Å². The van der Waals surface area contributed by atoms with Gasteiger partial charge < -0.3 is 15.2 Å². The number of hydrogen-bond donors (Lipinski definition) is 2. The predicted molar refractivity (Wildman–Crippen MR) is 123 cm³/mol. The molecule has 0 amide bonds. The maximum absolute atomic E-state index is 5.20. The highest BCUT2D eigenvalue weighted by Gasteiger charge is 2.08. The third-order valence-corrected chi connectivity index (χ3v) is 4.65. The summed E-state index contributed by atoms with van der Waals surface area (Å²) < 4.78 is 5.20. The summed E-state index contributed by atoms with van der Waals surface area (Å²) in [4.78, 5) is 4.28. The minimum absolute atomic E-state index is 0. The molecule has 1 aromatic heterocycles. The molecule has 6 heteroatoms. The van der Waals surface area contributed by atoms with Crippen molar-refractivity contribution in [2.45, 2.75) is 52.9 Å². The van der Waals surface area contributed by atoms with Gasteiger partial charge in [-0.05, 0) is 50.2 Å². The van der Waals surface area contributed by atoms with Gasteiger partial charge in [-0.25, -0.2) is 0 Å². The Hall–Kier alpha value is -1.57. The summed E-state index contributed by atoms with van der Waals surface area (Å²) in [5, 5.41) is 10.7. The molecule has 0 aliphatic carbocycles. The number of guanidine groups is 1. The van der Waals surface area contributed by atoms with Crippen LogP contribution in [0.25, 0.3) is 0 Å². The average Bonchev–Trinajstić information content (AvgIpc) is 2.95. The van der Waals surface area contributed by atoms with E-state index in [1.54, 1.807) is 7.05 Å². The first kappa shape index (κ1) is 23.5. The van der Waals surface area contributed by atoms with Gasteiger partial charge in [0.25, 0.3) is 0 Å². The zero-order valence-corrected chi connectivity index (χ0v) is 19.5. The second kappa shape index (κ2) is 12.0. The van der Waals surface area contributed by atoms with Gasteiger partial charge in [-0.1, -0.05) is 43.3 Å². The normalized spacial score (nSPS) is 11.4. The van der Waals surface area contributed by atoms with Crippen molar-refractivity contribution < 1.29 is 4.52 Å². The van der Waals surface area contributed by atoms with E-state index in [-0.39, 0.29) is 24.0 Å². The molecule has 2 aromatic rings. The van der Waals surface area contributed by atoms with Crippen LogP contribution in [0.3, 0.4) is 0 Å². The van der Waals surface area contributed by atoms with E-state index in [0.717, 1.165) is 49.8 Å². The maximum Gasteiger partial charge on any atom is 0.190 e. The first-order valence-corrected chi connectivity index (χ1v) is 9.46. The van der Waals surface area contributed by atoms with Crippen LogP contribution in [0.15, 0.2) is 33.8 Å². The number of hydrogen-bond acceptors (Lipinski definition) is 3. The van der Waals surface area contributed by atoms with E-state index in [2.05, 4.69) is 58.9 Å². The Morgan fingerprint density at radius 1 is 1.07 bits per heavy atom. The lowest BCUT2D eigenvalue weighted by Gasteiger charge is -2.12. The van der Waals surface area contributed by atoms with Crippen molar-refractivity contribution in [1.29, 1.82) is 0 Å². The fourth-order valence-electron chi connectivity index (χ4n) is 2.95. The number of halogens is 1. The Balaban J connectivity index is 0.00000364. The third-order valence-electron chi connectivity index (χ3n) is 4.65. The van der Waals surface area contributed by atoms with Gasteiger partial charge in [0.15, 0.2) is 5.96 Å². The summed E-state index contributed by atoms with van der Waals surface area (Å²) in [5.41, 5.74) is 4.93. The van der Waals surface area contributed by atoms with Crippen LogP contribution in [0.5, 0.6) is 0 Å². The zero-order chi connectivity index (χ0) is 18.9. The van der Waals surface area contributed by atoms with Crippen molar-refractivity contribution in [3.05, 3.63) is 52.4 Å². The lowest BCUT2D eigenvalue weighted by atomic mass is 10.0. The molecule has 0 bridgehead atoms. The molecule has 2 N–H and O–H groups in total. The van der Waals surface area contributed by atoms with Gasteiger partial charge in [0, 0.05) is 25.7 Å². The van der Waals surface area contributed by atoms with Gasteiger partial charge in [0.2, 0.25) is 0 Å². The molecule has 2 rings (SSSR count). The van der Waals surface area contributed by atoms with Crippen molar-refractivity contribution in [3.63, 3.8) is 0 Å². The van der Waals surface area contributed by atoms with E-state index in [0.29, 0.717) is 5.92 Å². The number of benzene rings is 1. The molecule has 0 saturated carbocycles. The van der Waals surface area contributed by atoms with E-state index in [1.807, 2.05) is 13.8 Å². The number of nitrogens with zero attached hydrogens (tertiary/aromatic N) is 2. The number of aromatic nitrogens is 1. The highest BCUT2D eigenvalue weighted by Crippen LogP contribution is 2.15. The van der Waals surface area contributed by atoms with E-state index in [9.17, 15) is 0 Å². The zero-order valence-electron chi connectivity index (χ0n) is 17.1. The molecule has 0 fully saturated rings. The minimum Gasteiger partial charge on any atom is -0.361 e. The molecular formula is C21H33IN4O. The Morgan fingerprint density at radius 2 is 1.74 bits per heavy atom. The Morgan fingerprint density at radius 3 is 2.30 bits per heavy atom. The van der Waals surface area contributed by atoms with Crippen molar-refractivity contribution in [3.8, 4) is 0 Å². The second-order valence-corrected chi connectivity index (χ2v) is 6.98. The van der Waals surface area contributed by atoms with E-state index in [1.165, 1.54) is 16.7 Å². The molecule has 0 unspecified atom stereocenters. The standard InChI is InChI=1S/C21H32N4O.HI/c1-15(2)19-10-8-18(9-11-19)7-6-13-23-21(22-5)24-14-12-20-16(3)25-26-17(20)4;/h8-11,15H,6-7,12-14H2,1-5H3,(H2,22,23,24);1H. The fraction of sp³-hybridized carbons (Fsp3) is 0.524. The second-order valence-electron chi connectivity index (χ2n) is 6.98. The predicted octanol–water partition coefficient (Wildman–Crippen LogP) is 4.37. The quantitative estimate of drug-likeness (QED) is 0.253. The molecule has 0 radical (unpaired) electrons. The van der Waals surface area contributed by atoms with Crippen molar-refractivity contribution >= 4 is 29.9 Å². The van der Waals surface area contributed by atoms with Crippen LogP contribution in [-0.2, 0) is 12.8 Å². The monoisotopic (exact) mass is 484 g/mol. The summed E-state index contributed by atoms with van der Waals surface area (Å²) in [7, 11) is 1.80. The highest BCUT2D eigenvalue weighted by atomic mass is 127. The van der Waals surface area contributed by atoms with Crippen LogP contribution in [-0.4, -0.2) is 31.3 Å². The third kappa shape index (κ3) is 7.52. The maximum atomic E-state index is 5.20. The first-order chi connectivity index (χ1) is 12.5. The van der Waals surface area contributed by atoms with Gasteiger partial charge in [-0.2, -0.15) is 0 Å². The van der Waals surface area contributed by atoms with Gasteiger partial charge >= 0.3 is 0 Å². The van der Waals surface area contributed by atoms with E-state index >= 15 is 0 Å². The largest absolute Gasteiger partial charge is 0.361 e. The molecule has 5 nitrogen and oxygen atoms in total. The number of nitrogens with one attached hydrogen (secondary N) is 2. The molecule has 0 saturated heterocycles. The molecule has 1 aromatic carbocycles. The topological polar surface area (TPSA) is 62.5 Å². The number of aliphatic imine (C=N–C) groups is 1.